The minimum Gasteiger partial charge on any atom is -0.326 e. The highest BCUT2D eigenvalue weighted by Crippen LogP contribution is 2.32. The molecule has 1 unspecified atom stereocenters. The number of hydrogen-bond acceptors (Lipinski definition) is 3. The van der Waals surface area contributed by atoms with Crippen LogP contribution in [0.15, 0.2) is 35.7 Å². The number of hydrogen-bond donors (Lipinski definition) is 2. The van der Waals surface area contributed by atoms with Crippen LogP contribution in [-0.2, 0) is 17.5 Å². The van der Waals surface area contributed by atoms with E-state index in [2.05, 4.69) is 5.32 Å². The second kappa shape index (κ2) is 6.50. The van der Waals surface area contributed by atoms with Crippen molar-refractivity contribution in [3.05, 3.63) is 51.7 Å². The van der Waals surface area contributed by atoms with Gasteiger partial charge in [-0.15, -0.1) is 11.3 Å². The number of nitrogens with one attached hydrogen (secondary N) is 1. The van der Waals surface area contributed by atoms with Gasteiger partial charge >= 0.3 is 6.18 Å². The standard InChI is InChI=1S/C15H15F3N2OS/c1-9(13-3-2-4-22-13)14(21)20-12-6-10(8-19)5-11(7-12)15(16,17)18/h2-7,9H,8,19H2,1H3,(H,20,21). The van der Waals surface area contributed by atoms with Crippen LogP contribution in [0.5, 0.6) is 0 Å². The molecule has 1 aromatic heterocycles. The topological polar surface area (TPSA) is 55.1 Å². The van der Waals surface area contributed by atoms with Crippen LogP contribution in [0.1, 0.15) is 28.8 Å². The van der Waals surface area contributed by atoms with Gasteiger partial charge in [0.25, 0.3) is 0 Å². The minimum absolute atomic E-state index is 0.0345. The maximum absolute atomic E-state index is 12.9. The SMILES string of the molecule is CC(C(=O)Nc1cc(CN)cc(C(F)(F)F)c1)c1cccs1. The van der Waals surface area contributed by atoms with Crippen molar-refractivity contribution in [1.29, 1.82) is 0 Å². The average molecular weight is 328 g/mol. The largest absolute Gasteiger partial charge is 0.416 e. The van der Waals surface area contributed by atoms with Gasteiger partial charge in [0.1, 0.15) is 0 Å². The molecule has 22 heavy (non-hydrogen) atoms. The first kappa shape index (κ1) is 16.5. The predicted molar refractivity (Wildman–Crippen MR) is 80.7 cm³/mol. The van der Waals surface area contributed by atoms with Crippen LogP contribution in [0.3, 0.4) is 0 Å². The summed E-state index contributed by atoms with van der Waals surface area (Å²) in [6.07, 6.45) is -4.48. The Labute approximate surface area is 130 Å². The Morgan fingerprint density at radius 3 is 2.64 bits per heavy atom. The summed E-state index contributed by atoms with van der Waals surface area (Å²) in [6.45, 7) is 1.67. The number of nitrogens with two attached hydrogens (primary N) is 1. The third kappa shape index (κ3) is 3.86. The summed E-state index contributed by atoms with van der Waals surface area (Å²) in [4.78, 5) is 13.0. The van der Waals surface area contributed by atoms with E-state index in [4.69, 9.17) is 5.73 Å². The van der Waals surface area contributed by atoms with Crippen LogP contribution in [0.2, 0.25) is 0 Å². The van der Waals surface area contributed by atoms with Gasteiger partial charge in [-0.1, -0.05) is 6.07 Å². The number of rotatable bonds is 4. The number of amides is 1. The highest BCUT2D eigenvalue weighted by Gasteiger charge is 2.31. The van der Waals surface area contributed by atoms with E-state index < -0.39 is 17.7 Å². The molecule has 1 amide bonds. The molecule has 0 aliphatic carbocycles. The molecule has 3 nitrogen and oxygen atoms in total. The number of thiophene rings is 1. The molecule has 7 heteroatoms. The zero-order valence-corrected chi connectivity index (χ0v) is 12.6. The number of halogens is 3. The zero-order valence-electron chi connectivity index (χ0n) is 11.8. The Morgan fingerprint density at radius 2 is 2.09 bits per heavy atom. The second-order valence-electron chi connectivity index (χ2n) is 4.85. The third-order valence-electron chi connectivity index (χ3n) is 3.19. The summed E-state index contributed by atoms with van der Waals surface area (Å²) in [5.74, 6) is -0.791. The third-order valence-corrected chi connectivity index (χ3v) is 4.24. The fourth-order valence-electron chi connectivity index (χ4n) is 1.96. The molecule has 0 aliphatic heterocycles. The van der Waals surface area contributed by atoms with E-state index in [0.29, 0.717) is 5.56 Å². The second-order valence-corrected chi connectivity index (χ2v) is 5.83. The van der Waals surface area contributed by atoms with Crippen molar-refractivity contribution in [2.75, 3.05) is 5.32 Å². The van der Waals surface area contributed by atoms with Gasteiger partial charge in [-0.25, -0.2) is 0 Å². The highest BCUT2D eigenvalue weighted by molar-refractivity contribution is 7.10. The number of carbonyl (C=O) groups is 1. The van der Waals surface area contributed by atoms with Gasteiger partial charge in [-0.3, -0.25) is 4.79 Å². The van der Waals surface area contributed by atoms with Gasteiger partial charge in [-0.05, 0) is 42.1 Å². The molecule has 2 rings (SSSR count). The molecule has 0 bridgehead atoms. The zero-order chi connectivity index (χ0) is 16.3. The van der Waals surface area contributed by atoms with E-state index in [1.54, 1.807) is 6.92 Å². The number of alkyl halides is 3. The monoisotopic (exact) mass is 328 g/mol. The summed E-state index contributed by atoms with van der Waals surface area (Å²) in [6, 6.07) is 6.98. The highest BCUT2D eigenvalue weighted by atomic mass is 32.1. The van der Waals surface area contributed by atoms with Crippen molar-refractivity contribution in [3.63, 3.8) is 0 Å². The lowest BCUT2D eigenvalue weighted by Crippen LogP contribution is -2.19. The van der Waals surface area contributed by atoms with Gasteiger partial charge in [0.15, 0.2) is 0 Å². The Bertz CT molecular complexity index is 653. The van der Waals surface area contributed by atoms with Crippen LogP contribution < -0.4 is 11.1 Å². The van der Waals surface area contributed by atoms with E-state index in [1.807, 2.05) is 17.5 Å². The molecule has 1 aromatic carbocycles. The van der Waals surface area contributed by atoms with E-state index in [1.165, 1.54) is 17.4 Å². The van der Waals surface area contributed by atoms with E-state index in [-0.39, 0.29) is 18.1 Å². The summed E-state index contributed by atoms with van der Waals surface area (Å²) >= 11 is 1.42. The Morgan fingerprint density at radius 1 is 1.36 bits per heavy atom. The maximum Gasteiger partial charge on any atom is 0.416 e. The lowest BCUT2D eigenvalue weighted by atomic mass is 10.1. The molecule has 1 atom stereocenters. The number of benzene rings is 1. The van der Waals surface area contributed by atoms with Crippen molar-refractivity contribution in [2.45, 2.75) is 25.6 Å². The molecule has 0 saturated heterocycles. The van der Waals surface area contributed by atoms with Crippen molar-refractivity contribution in [2.24, 2.45) is 5.73 Å². The fraction of sp³-hybridized carbons (Fsp3) is 0.267. The van der Waals surface area contributed by atoms with Crippen LogP contribution in [0.25, 0.3) is 0 Å². The van der Waals surface area contributed by atoms with E-state index in [9.17, 15) is 18.0 Å². The van der Waals surface area contributed by atoms with Gasteiger partial charge in [0, 0.05) is 17.1 Å². The lowest BCUT2D eigenvalue weighted by Gasteiger charge is -2.14. The maximum atomic E-state index is 12.9. The minimum atomic E-state index is -4.48. The molecule has 0 saturated carbocycles. The first-order chi connectivity index (χ1) is 10.3. The van der Waals surface area contributed by atoms with Gasteiger partial charge in [0.2, 0.25) is 5.91 Å². The van der Waals surface area contributed by atoms with Gasteiger partial charge < -0.3 is 11.1 Å². The summed E-state index contributed by atoms with van der Waals surface area (Å²) < 4.78 is 38.6. The molecule has 0 fully saturated rings. The first-order valence-electron chi connectivity index (χ1n) is 6.56. The van der Waals surface area contributed by atoms with E-state index in [0.717, 1.165) is 17.0 Å². The van der Waals surface area contributed by atoms with Crippen LogP contribution in [0, 0.1) is 0 Å². The molecule has 2 aromatic rings. The smallest absolute Gasteiger partial charge is 0.326 e. The molecule has 3 N–H and O–H groups in total. The fourth-order valence-corrected chi connectivity index (χ4v) is 2.75. The molecule has 0 aliphatic rings. The molecule has 0 radical (unpaired) electrons. The summed E-state index contributed by atoms with van der Waals surface area (Å²) in [7, 11) is 0. The van der Waals surface area contributed by atoms with E-state index >= 15 is 0 Å². The number of anilines is 1. The normalized spacial score (nSPS) is 13.0. The van der Waals surface area contributed by atoms with Crippen LogP contribution >= 0.6 is 11.3 Å². The Balaban J connectivity index is 2.23. The van der Waals surface area contributed by atoms with Crippen molar-refractivity contribution < 1.29 is 18.0 Å². The Kier molecular flexibility index (Phi) is 4.87. The first-order valence-corrected chi connectivity index (χ1v) is 7.44. The summed E-state index contributed by atoms with van der Waals surface area (Å²) in [5.41, 5.74) is 5.01. The Hall–Kier alpha value is -1.86. The van der Waals surface area contributed by atoms with Crippen LogP contribution in [0.4, 0.5) is 18.9 Å². The average Bonchev–Trinajstić information content (AvgIpc) is 2.99. The van der Waals surface area contributed by atoms with Crippen molar-refractivity contribution >= 4 is 22.9 Å². The lowest BCUT2D eigenvalue weighted by molar-refractivity contribution is -0.137. The molecule has 1 heterocycles. The van der Waals surface area contributed by atoms with Crippen molar-refractivity contribution in [1.82, 2.24) is 0 Å². The molecule has 0 spiro atoms. The number of carbonyl (C=O) groups excluding carboxylic acids is 1. The van der Waals surface area contributed by atoms with Gasteiger partial charge in [-0.2, -0.15) is 13.2 Å². The molecular weight excluding hydrogens is 313 g/mol. The quantitative estimate of drug-likeness (QED) is 0.892. The predicted octanol–water partition coefficient (Wildman–Crippen LogP) is 3.97. The molecular formula is C15H15F3N2OS. The molecule has 118 valence electrons. The van der Waals surface area contributed by atoms with Crippen molar-refractivity contribution in [3.8, 4) is 0 Å². The van der Waals surface area contributed by atoms with Crippen LogP contribution in [-0.4, -0.2) is 5.91 Å². The summed E-state index contributed by atoms with van der Waals surface area (Å²) in [5, 5.41) is 4.37. The van der Waals surface area contributed by atoms with Gasteiger partial charge in [0.05, 0.1) is 11.5 Å².